The summed E-state index contributed by atoms with van der Waals surface area (Å²) >= 11 is 10.9. The number of hydrogen-bond acceptors (Lipinski definition) is 2. The van der Waals surface area contributed by atoms with Gasteiger partial charge in [-0.05, 0) is 49.5 Å². The van der Waals surface area contributed by atoms with E-state index < -0.39 is 0 Å². The number of thioether (sulfide) groups is 1. The smallest absolute Gasteiger partial charge is 0.178 e. The maximum Gasteiger partial charge on any atom is 0.178 e. The summed E-state index contributed by atoms with van der Waals surface area (Å²) in [5.74, 6) is 0. The molecule has 19 heavy (non-hydrogen) atoms. The van der Waals surface area contributed by atoms with E-state index in [9.17, 15) is 0 Å². The molecule has 104 valence electrons. The first-order valence-corrected chi connectivity index (χ1v) is 8.91. The molecular formula is C14H19BrN2S2. The van der Waals surface area contributed by atoms with Crippen molar-refractivity contribution in [1.82, 2.24) is 9.55 Å². The van der Waals surface area contributed by atoms with Gasteiger partial charge in [-0.1, -0.05) is 29.8 Å². The highest BCUT2D eigenvalue weighted by Crippen LogP contribution is 2.33. The summed E-state index contributed by atoms with van der Waals surface area (Å²) in [5, 5.41) is 0. The molecule has 1 aromatic heterocycles. The van der Waals surface area contributed by atoms with Gasteiger partial charge in [-0.25, -0.2) is 0 Å². The van der Waals surface area contributed by atoms with Crippen LogP contribution < -0.4 is 0 Å². The third-order valence-electron chi connectivity index (χ3n) is 3.90. The Morgan fingerprint density at radius 1 is 1.37 bits per heavy atom. The van der Waals surface area contributed by atoms with E-state index in [1.807, 2.05) is 11.8 Å². The molecule has 2 aromatic rings. The molecule has 1 heterocycles. The average molecular weight is 359 g/mol. The minimum atomic E-state index is 0.264. The summed E-state index contributed by atoms with van der Waals surface area (Å²) in [6.07, 6.45) is 4.49. The molecule has 0 aliphatic rings. The van der Waals surface area contributed by atoms with Gasteiger partial charge >= 0.3 is 0 Å². The van der Waals surface area contributed by atoms with E-state index >= 15 is 0 Å². The lowest BCUT2D eigenvalue weighted by molar-refractivity contribution is 0.470. The lowest BCUT2D eigenvalue weighted by Crippen LogP contribution is -2.29. The summed E-state index contributed by atoms with van der Waals surface area (Å²) in [7, 11) is 0. The molecule has 1 aromatic carbocycles. The molecule has 0 saturated carbocycles. The number of hydrogen-bond donors (Lipinski definition) is 1. The molecule has 5 heteroatoms. The van der Waals surface area contributed by atoms with E-state index in [4.69, 9.17) is 12.2 Å². The molecule has 0 bridgehead atoms. The Kier molecular flexibility index (Phi) is 4.79. The van der Waals surface area contributed by atoms with Crippen LogP contribution in [0.15, 0.2) is 22.7 Å². The quantitative estimate of drug-likeness (QED) is 0.723. The molecule has 0 amide bonds. The minimum Gasteiger partial charge on any atom is -0.331 e. The zero-order chi connectivity index (χ0) is 14.0. The zero-order valence-electron chi connectivity index (χ0n) is 11.5. The second-order valence-corrected chi connectivity index (χ2v) is 7.35. The van der Waals surface area contributed by atoms with E-state index in [2.05, 4.69) is 63.8 Å². The fourth-order valence-electron chi connectivity index (χ4n) is 2.41. The van der Waals surface area contributed by atoms with Crippen molar-refractivity contribution in [3.63, 3.8) is 0 Å². The van der Waals surface area contributed by atoms with Crippen molar-refractivity contribution in [2.75, 3.05) is 6.26 Å². The Labute approximate surface area is 132 Å². The number of H-pyrrole nitrogens is 1. The Balaban J connectivity index is 2.51. The van der Waals surface area contributed by atoms with Gasteiger partial charge < -0.3 is 9.55 Å². The predicted octanol–water partition coefficient (Wildman–Crippen LogP) is 5.38. The SMILES string of the molecule is CCC(CC)(Cn1c(=S)[nH]c2cc(Br)ccc21)SC. The Bertz CT molecular complexity index is 618. The maximum absolute atomic E-state index is 5.49. The molecule has 0 aliphatic heterocycles. The fourth-order valence-corrected chi connectivity index (χ4v) is 3.88. The topological polar surface area (TPSA) is 20.7 Å². The normalized spacial score (nSPS) is 12.2. The van der Waals surface area contributed by atoms with E-state index in [-0.39, 0.29) is 4.75 Å². The fraction of sp³-hybridized carbons (Fsp3) is 0.500. The molecule has 0 unspecified atom stereocenters. The Morgan fingerprint density at radius 2 is 2.05 bits per heavy atom. The maximum atomic E-state index is 5.49. The molecular weight excluding hydrogens is 340 g/mol. The van der Waals surface area contributed by atoms with Crippen LogP contribution in [0.25, 0.3) is 11.0 Å². The summed E-state index contributed by atoms with van der Waals surface area (Å²) in [6, 6.07) is 6.28. The third kappa shape index (κ3) is 2.93. The van der Waals surface area contributed by atoms with Crippen molar-refractivity contribution < 1.29 is 0 Å². The van der Waals surface area contributed by atoms with Gasteiger partial charge in [0.15, 0.2) is 4.77 Å². The second-order valence-electron chi connectivity index (χ2n) is 4.77. The van der Waals surface area contributed by atoms with Crippen molar-refractivity contribution in [2.45, 2.75) is 38.0 Å². The standard InChI is InChI=1S/C14H19BrN2S2/c1-4-14(5-2,19-3)9-17-12-7-6-10(15)8-11(12)16-13(17)18/h6-8H,4-5,9H2,1-3H3,(H,16,18). The van der Waals surface area contributed by atoms with Gasteiger partial charge in [0.2, 0.25) is 0 Å². The molecule has 0 atom stereocenters. The van der Waals surface area contributed by atoms with E-state index in [0.717, 1.165) is 34.1 Å². The van der Waals surface area contributed by atoms with Crippen LogP contribution in [-0.2, 0) is 6.54 Å². The van der Waals surface area contributed by atoms with E-state index in [0.29, 0.717) is 0 Å². The summed E-state index contributed by atoms with van der Waals surface area (Å²) in [5.41, 5.74) is 2.29. The molecule has 0 radical (unpaired) electrons. The summed E-state index contributed by atoms with van der Waals surface area (Å²) < 4.78 is 4.39. The van der Waals surface area contributed by atoms with Crippen LogP contribution in [0.4, 0.5) is 0 Å². The summed E-state index contributed by atoms with van der Waals surface area (Å²) in [6.45, 7) is 5.48. The van der Waals surface area contributed by atoms with Crippen LogP contribution in [0.5, 0.6) is 0 Å². The zero-order valence-corrected chi connectivity index (χ0v) is 14.7. The van der Waals surface area contributed by atoms with Crippen molar-refractivity contribution in [3.05, 3.63) is 27.4 Å². The molecule has 0 spiro atoms. The van der Waals surface area contributed by atoms with Gasteiger partial charge in [0.05, 0.1) is 11.0 Å². The van der Waals surface area contributed by atoms with Gasteiger partial charge in [-0.15, -0.1) is 0 Å². The number of fused-ring (bicyclic) bond motifs is 1. The number of imidazole rings is 1. The monoisotopic (exact) mass is 358 g/mol. The molecule has 2 rings (SSSR count). The number of aromatic nitrogens is 2. The highest BCUT2D eigenvalue weighted by molar-refractivity contribution is 9.10. The van der Waals surface area contributed by atoms with Crippen molar-refractivity contribution >= 4 is 50.9 Å². The molecule has 0 aliphatic carbocycles. The van der Waals surface area contributed by atoms with Gasteiger partial charge in [0, 0.05) is 15.8 Å². The highest BCUT2D eigenvalue weighted by atomic mass is 79.9. The number of aromatic amines is 1. The second kappa shape index (κ2) is 6.02. The highest BCUT2D eigenvalue weighted by Gasteiger charge is 2.26. The van der Waals surface area contributed by atoms with Gasteiger partial charge in [-0.2, -0.15) is 11.8 Å². The molecule has 1 N–H and O–H groups in total. The Hall–Kier alpha value is -0.260. The van der Waals surface area contributed by atoms with Crippen LogP contribution in [0.1, 0.15) is 26.7 Å². The first kappa shape index (κ1) is 15.1. The summed E-state index contributed by atoms with van der Waals surface area (Å²) in [4.78, 5) is 3.30. The van der Waals surface area contributed by atoms with Crippen LogP contribution in [-0.4, -0.2) is 20.6 Å². The first-order chi connectivity index (χ1) is 9.05. The van der Waals surface area contributed by atoms with Crippen molar-refractivity contribution in [1.29, 1.82) is 0 Å². The van der Waals surface area contributed by atoms with Gasteiger partial charge in [-0.3, -0.25) is 0 Å². The van der Waals surface area contributed by atoms with E-state index in [1.54, 1.807) is 0 Å². The number of benzene rings is 1. The largest absolute Gasteiger partial charge is 0.331 e. The third-order valence-corrected chi connectivity index (χ3v) is 6.29. The average Bonchev–Trinajstić information content (AvgIpc) is 2.71. The van der Waals surface area contributed by atoms with Gasteiger partial charge in [0.1, 0.15) is 0 Å². The predicted molar refractivity (Wildman–Crippen MR) is 91.7 cm³/mol. The molecule has 0 fully saturated rings. The van der Waals surface area contributed by atoms with Crippen molar-refractivity contribution in [3.8, 4) is 0 Å². The number of halogens is 1. The first-order valence-electron chi connectivity index (χ1n) is 6.48. The Morgan fingerprint density at radius 3 is 2.63 bits per heavy atom. The van der Waals surface area contributed by atoms with Crippen LogP contribution in [0.3, 0.4) is 0 Å². The number of nitrogens with zero attached hydrogens (tertiary/aromatic N) is 1. The van der Waals surface area contributed by atoms with Crippen molar-refractivity contribution in [2.24, 2.45) is 0 Å². The number of nitrogens with one attached hydrogen (secondary N) is 1. The van der Waals surface area contributed by atoms with E-state index in [1.165, 1.54) is 5.52 Å². The van der Waals surface area contributed by atoms with Gasteiger partial charge in [0.25, 0.3) is 0 Å². The minimum absolute atomic E-state index is 0.264. The van der Waals surface area contributed by atoms with Crippen LogP contribution in [0, 0.1) is 4.77 Å². The molecule has 2 nitrogen and oxygen atoms in total. The molecule has 0 saturated heterocycles. The van der Waals surface area contributed by atoms with Crippen LogP contribution >= 0.6 is 39.9 Å². The lowest BCUT2D eigenvalue weighted by atomic mass is 10.0. The number of rotatable bonds is 5. The lowest BCUT2D eigenvalue weighted by Gasteiger charge is -2.30. The van der Waals surface area contributed by atoms with Crippen LogP contribution in [0.2, 0.25) is 0 Å².